The maximum absolute atomic E-state index is 13.6. The molecule has 5 heteroatoms. The van der Waals surface area contributed by atoms with Gasteiger partial charge in [0.05, 0.1) is 0 Å². The first-order valence-corrected chi connectivity index (χ1v) is 6.22. The Balaban J connectivity index is 2.13. The maximum atomic E-state index is 13.6. The third-order valence-corrected chi connectivity index (χ3v) is 2.73. The fourth-order valence-electron chi connectivity index (χ4n) is 1.77. The summed E-state index contributed by atoms with van der Waals surface area (Å²) in [5.41, 5.74) is 0.647. The molecule has 0 amide bonds. The lowest BCUT2D eigenvalue weighted by molar-refractivity contribution is 0.607. The largest absolute Gasteiger partial charge is 0.355 e. The van der Waals surface area contributed by atoms with Crippen molar-refractivity contribution in [2.45, 2.75) is 13.5 Å². The van der Waals surface area contributed by atoms with E-state index < -0.39 is 0 Å². The number of hydrogen-bond acceptors (Lipinski definition) is 4. The highest BCUT2D eigenvalue weighted by Gasteiger charge is 2.08. The predicted octanol–water partition coefficient (Wildman–Crippen LogP) is 2.68. The van der Waals surface area contributed by atoms with E-state index in [1.165, 1.54) is 6.07 Å². The summed E-state index contributed by atoms with van der Waals surface area (Å²) in [6, 6.07) is 8.57. The highest BCUT2D eigenvalue weighted by Crippen LogP contribution is 2.15. The Kier molecular flexibility index (Phi) is 4.28. The normalized spacial score (nSPS) is 10.3. The van der Waals surface area contributed by atoms with Crippen molar-refractivity contribution in [1.29, 1.82) is 0 Å². The molecule has 0 fully saturated rings. The number of anilines is 2. The van der Waals surface area contributed by atoms with Crippen molar-refractivity contribution in [3.63, 3.8) is 0 Å². The lowest BCUT2D eigenvalue weighted by Crippen LogP contribution is -2.19. The Morgan fingerprint density at radius 3 is 2.79 bits per heavy atom. The van der Waals surface area contributed by atoms with Crippen LogP contribution in [-0.4, -0.2) is 23.6 Å². The molecule has 0 spiro atoms. The molecule has 1 N–H and O–H groups in total. The van der Waals surface area contributed by atoms with Gasteiger partial charge < -0.3 is 10.2 Å². The van der Waals surface area contributed by atoms with Crippen LogP contribution in [0.4, 0.5) is 16.2 Å². The Labute approximate surface area is 112 Å². The summed E-state index contributed by atoms with van der Waals surface area (Å²) in [5.74, 6) is 1.14. The van der Waals surface area contributed by atoms with E-state index in [0.717, 1.165) is 12.4 Å². The Hall–Kier alpha value is -2.17. The van der Waals surface area contributed by atoms with Crippen LogP contribution in [0.25, 0.3) is 0 Å². The zero-order valence-electron chi connectivity index (χ0n) is 11.1. The van der Waals surface area contributed by atoms with Crippen LogP contribution in [0.5, 0.6) is 0 Å². The quantitative estimate of drug-likeness (QED) is 0.897. The second-order valence-corrected chi connectivity index (χ2v) is 4.22. The molecule has 1 aromatic carbocycles. The molecule has 1 heterocycles. The molecule has 0 aliphatic heterocycles. The van der Waals surface area contributed by atoms with Gasteiger partial charge in [-0.1, -0.05) is 18.2 Å². The van der Waals surface area contributed by atoms with Crippen molar-refractivity contribution >= 4 is 11.8 Å². The van der Waals surface area contributed by atoms with Gasteiger partial charge in [0.15, 0.2) is 0 Å². The molecule has 2 aromatic rings. The lowest BCUT2D eigenvalue weighted by atomic mass is 10.2. The van der Waals surface area contributed by atoms with Crippen molar-refractivity contribution in [3.8, 4) is 0 Å². The standard InChI is InChI=1S/C14H17FN4/c1-3-16-14-17-9-8-13(18-14)19(2)10-11-6-4-5-7-12(11)15/h4-9H,3,10H2,1-2H3,(H,16,17,18). The molecule has 19 heavy (non-hydrogen) atoms. The monoisotopic (exact) mass is 260 g/mol. The summed E-state index contributed by atoms with van der Waals surface area (Å²) in [6.07, 6.45) is 1.69. The molecule has 100 valence electrons. The van der Waals surface area contributed by atoms with E-state index in [1.54, 1.807) is 18.3 Å². The van der Waals surface area contributed by atoms with Crippen molar-refractivity contribution < 1.29 is 4.39 Å². The van der Waals surface area contributed by atoms with E-state index in [-0.39, 0.29) is 5.82 Å². The van der Waals surface area contributed by atoms with Gasteiger partial charge in [-0.15, -0.1) is 0 Å². The summed E-state index contributed by atoms with van der Waals surface area (Å²) >= 11 is 0. The Bertz CT molecular complexity index is 544. The average Bonchev–Trinajstić information content (AvgIpc) is 2.42. The molecule has 0 radical (unpaired) electrons. The average molecular weight is 260 g/mol. The molecule has 0 bridgehead atoms. The number of nitrogens with zero attached hydrogens (tertiary/aromatic N) is 3. The maximum Gasteiger partial charge on any atom is 0.224 e. The third-order valence-electron chi connectivity index (χ3n) is 2.73. The first-order chi connectivity index (χ1) is 9.20. The summed E-state index contributed by atoms with van der Waals surface area (Å²) < 4.78 is 13.6. The van der Waals surface area contributed by atoms with Crippen LogP contribution >= 0.6 is 0 Å². The van der Waals surface area contributed by atoms with Crippen LogP contribution < -0.4 is 10.2 Å². The molecule has 0 atom stereocenters. The van der Waals surface area contributed by atoms with Crippen molar-refractivity contribution in [3.05, 3.63) is 47.9 Å². The summed E-state index contributed by atoms with van der Waals surface area (Å²) in [6.45, 7) is 3.22. The van der Waals surface area contributed by atoms with E-state index in [1.807, 2.05) is 31.0 Å². The fourth-order valence-corrected chi connectivity index (χ4v) is 1.77. The minimum absolute atomic E-state index is 0.199. The first-order valence-electron chi connectivity index (χ1n) is 6.22. The second kappa shape index (κ2) is 6.13. The molecule has 0 saturated heterocycles. The van der Waals surface area contributed by atoms with E-state index >= 15 is 0 Å². The fraction of sp³-hybridized carbons (Fsp3) is 0.286. The van der Waals surface area contributed by atoms with Crippen LogP contribution in [-0.2, 0) is 6.54 Å². The van der Waals surface area contributed by atoms with Gasteiger partial charge in [-0.05, 0) is 19.1 Å². The Morgan fingerprint density at radius 2 is 2.05 bits per heavy atom. The zero-order chi connectivity index (χ0) is 13.7. The van der Waals surface area contributed by atoms with Crippen molar-refractivity contribution in [2.75, 3.05) is 23.8 Å². The van der Waals surface area contributed by atoms with Gasteiger partial charge in [0.2, 0.25) is 5.95 Å². The van der Waals surface area contributed by atoms with Crippen LogP contribution in [0.15, 0.2) is 36.5 Å². The third kappa shape index (κ3) is 3.40. The molecule has 2 rings (SSSR count). The summed E-state index contributed by atoms with van der Waals surface area (Å²) in [5, 5.41) is 3.06. The molecule has 4 nitrogen and oxygen atoms in total. The van der Waals surface area contributed by atoms with Gasteiger partial charge in [-0.3, -0.25) is 0 Å². The van der Waals surface area contributed by atoms with Crippen LogP contribution in [0, 0.1) is 5.82 Å². The Morgan fingerprint density at radius 1 is 1.26 bits per heavy atom. The summed E-state index contributed by atoms with van der Waals surface area (Å²) in [4.78, 5) is 10.4. The number of rotatable bonds is 5. The van der Waals surface area contributed by atoms with E-state index in [2.05, 4.69) is 15.3 Å². The lowest BCUT2D eigenvalue weighted by Gasteiger charge is -2.19. The molecular formula is C14H17FN4. The van der Waals surface area contributed by atoms with Crippen molar-refractivity contribution in [2.24, 2.45) is 0 Å². The minimum atomic E-state index is -0.199. The van der Waals surface area contributed by atoms with Crippen LogP contribution in [0.3, 0.4) is 0 Å². The SMILES string of the molecule is CCNc1nccc(N(C)Cc2ccccc2F)n1. The number of aromatic nitrogens is 2. The second-order valence-electron chi connectivity index (χ2n) is 4.22. The smallest absolute Gasteiger partial charge is 0.224 e. The molecular weight excluding hydrogens is 243 g/mol. The van der Waals surface area contributed by atoms with Gasteiger partial charge in [0.1, 0.15) is 11.6 Å². The molecule has 0 aliphatic rings. The zero-order valence-corrected chi connectivity index (χ0v) is 11.1. The topological polar surface area (TPSA) is 41.1 Å². The molecule has 0 saturated carbocycles. The number of nitrogens with one attached hydrogen (secondary N) is 1. The first kappa shape index (κ1) is 13.3. The van der Waals surface area contributed by atoms with Crippen LogP contribution in [0.1, 0.15) is 12.5 Å². The predicted molar refractivity (Wildman–Crippen MR) is 74.7 cm³/mol. The van der Waals surface area contributed by atoms with Crippen molar-refractivity contribution in [1.82, 2.24) is 9.97 Å². The van der Waals surface area contributed by atoms with E-state index in [0.29, 0.717) is 18.1 Å². The molecule has 0 aliphatic carbocycles. The van der Waals surface area contributed by atoms with Gasteiger partial charge in [0.25, 0.3) is 0 Å². The van der Waals surface area contributed by atoms with Gasteiger partial charge in [0, 0.05) is 31.9 Å². The van der Waals surface area contributed by atoms with Gasteiger partial charge >= 0.3 is 0 Å². The minimum Gasteiger partial charge on any atom is -0.355 e. The highest BCUT2D eigenvalue weighted by molar-refractivity contribution is 5.42. The highest BCUT2D eigenvalue weighted by atomic mass is 19.1. The van der Waals surface area contributed by atoms with Gasteiger partial charge in [-0.2, -0.15) is 4.98 Å². The molecule has 0 unspecified atom stereocenters. The number of benzene rings is 1. The van der Waals surface area contributed by atoms with Gasteiger partial charge in [-0.25, -0.2) is 9.37 Å². The molecule has 1 aromatic heterocycles. The number of halogens is 1. The summed E-state index contributed by atoms with van der Waals surface area (Å²) in [7, 11) is 1.88. The van der Waals surface area contributed by atoms with E-state index in [9.17, 15) is 4.39 Å². The number of hydrogen-bond donors (Lipinski definition) is 1. The van der Waals surface area contributed by atoms with Crippen LogP contribution in [0.2, 0.25) is 0 Å². The van der Waals surface area contributed by atoms with E-state index in [4.69, 9.17) is 0 Å².